The van der Waals surface area contributed by atoms with Crippen LogP contribution in [0.1, 0.15) is 0 Å². The number of nitrogens with zero attached hydrogens (tertiary/aromatic N) is 1. The molecule has 0 heterocycles. The zero-order chi connectivity index (χ0) is 17.0. The number of benzene rings is 3. The van der Waals surface area contributed by atoms with E-state index in [0.29, 0.717) is 0 Å². The molecule has 0 aliphatic carbocycles. The Hall–Kier alpha value is -0.946. The van der Waals surface area contributed by atoms with Crippen LogP contribution in [0.5, 0.6) is 0 Å². The molecule has 3 rings (SSSR count). The molecule has 0 N–H and O–H groups in total. The van der Waals surface area contributed by atoms with Gasteiger partial charge in [0.05, 0.1) is 0 Å². The Morgan fingerprint density at radius 2 is 0.800 bits per heavy atom. The molecule has 3 aromatic carbocycles. The summed E-state index contributed by atoms with van der Waals surface area (Å²) < 4.78 is 5.63. The van der Waals surface area contributed by atoms with Crippen LogP contribution in [0, 0.1) is 0 Å². The van der Waals surface area contributed by atoms with Crippen LogP contribution in [0.2, 0.25) is 19.6 Å². The Morgan fingerprint density at radius 3 is 1.04 bits per heavy atom. The largest absolute Gasteiger partial charge is 1.00 e. The third-order valence-electron chi connectivity index (χ3n) is 4.08. The maximum absolute atomic E-state index is 5.63. The predicted octanol–water partition coefficient (Wildman–Crippen LogP) is 0.866. The van der Waals surface area contributed by atoms with Crippen molar-refractivity contribution in [1.82, 2.24) is 0 Å². The number of hydrogen-bond donors (Lipinski definition) is 0. The molecule has 0 saturated carbocycles. The van der Waals surface area contributed by atoms with E-state index in [2.05, 4.69) is 111 Å². The van der Waals surface area contributed by atoms with Gasteiger partial charge in [-0.1, -0.05) is 134 Å². The molecule has 0 unspecified atom stereocenters. The second-order valence-electron chi connectivity index (χ2n) is 7.09. The van der Waals surface area contributed by atoms with Crippen LogP contribution in [0.25, 0.3) is 4.65 Å². The van der Waals surface area contributed by atoms with Crippen LogP contribution < -0.4 is 45.1 Å². The molecule has 3 aromatic rings. The summed E-state index contributed by atoms with van der Waals surface area (Å²) in [4.78, 5) is 0. The third-order valence-corrected chi connectivity index (χ3v) is 11.6. The molecule has 0 aromatic heterocycles. The van der Waals surface area contributed by atoms with Gasteiger partial charge in [0.25, 0.3) is 0 Å². The molecule has 0 aliphatic rings. The molecule has 0 bridgehead atoms. The molecule has 0 aliphatic heterocycles. The van der Waals surface area contributed by atoms with Gasteiger partial charge in [0.15, 0.2) is 0 Å². The van der Waals surface area contributed by atoms with Crippen LogP contribution in [-0.2, 0) is 0 Å². The van der Waals surface area contributed by atoms with E-state index in [0.717, 1.165) is 0 Å². The summed E-state index contributed by atoms with van der Waals surface area (Å²) in [6.07, 6.45) is 0. The van der Waals surface area contributed by atoms with Gasteiger partial charge in [-0.3, -0.25) is 0 Å². The van der Waals surface area contributed by atoms with E-state index in [4.69, 9.17) is 4.65 Å². The number of rotatable bonds is 5. The third kappa shape index (κ3) is 4.62. The summed E-state index contributed by atoms with van der Waals surface area (Å²) in [5, 5.41) is 4.10. The van der Waals surface area contributed by atoms with Gasteiger partial charge in [0.2, 0.25) is 0 Å². The van der Waals surface area contributed by atoms with Crippen LogP contribution >= 0.6 is 0 Å². The van der Waals surface area contributed by atoms with Crippen molar-refractivity contribution < 1.29 is 29.6 Å². The predicted molar refractivity (Wildman–Crippen MR) is 111 cm³/mol. The van der Waals surface area contributed by atoms with E-state index in [1.807, 2.05) is 0 Å². The normalized spacial score (nSPS) is 11.6. The first-order chi connectivity index (χ1) is 11.5. The van der Waals surface area contributed by atoms with Crippen molar-refractivity contribution in [3.8, 4) is 0 Å². The fraction of sp³-hybridized carbons (Fsp3) is 0.143. The van der Waals surface area contributed by atoms with Gasteiger partial charge in [-0.15, -0.1) is 0 Å². The molecular formula is C21H24NNaSi2. The Kier molecular flexibility index (Phi) is 7.03. The number of hydrogen-bond acceptors (Lipinski definition) is 0. The molecule has 0 amide bonds. The van der Waals surface area contributed by atoms with Gasteiger partial charge in [-0.05, 0) is 0 Å². The average Bonchev–Trinajstić information content (AvgIpc) is 2.61. The molecule has 0 spiro atoms. The monoisotopic (exact) mass is 369 g/mol. The SMILES string of the molecule is C[Si](C)(C)[N-][Si](c1ccccc1)(c1ccccc1)c1ccccc1.[Na+]. The van der Waals surface area contributed by atoms with Crippen LogP contribution in [0.3, 0.4) is 0 Å². The van der Waals surface area contributed by atoms with Crippen molar-refractivity contribution in [2.75, 3.05) is 0 Å². The molecule has 25 heavy (non-hydrogen) atoms. The minimum Gasteiger partial charge on any atom is -0.656 e. The molecule has 122 valence electrons. The molecule has 0 fully saturated rings. The second kappa shape index (κ2) is 8.63. The van der Waals surface area contributed by atoms with Crippen LogP contribution in [-0.4, -0.2) is 16.5 Å². The zero-order valence-corrected chi connectivity index (χ0v) is 19.6. The minimum absolute atomic E-state index is 0. The van der Waals surface area contributed by atoms with Gasteiger partial charge < -0.3 is 4.65 Å². The first kappa shape index (κ1) is 20.4. The van der Waals surface area contributed by atoms with Crippen molar-refractivity contribution >= 4 is 32.0 Å². The first-order valence-electron chi connectivity index (χ1n) is 8.43. The zero-order valence-electron chi connectivity index (χ0n) is 15.6. The summed E-state index contributed by atoms with van der Waals surface area (Å²) in [7, 11) is -4.03. The Morgan fingerprint density at radius 1 is 0.520 bits per heavy atom. The van der Waals surface area contributed by atoms with E-state index < -0.39 is 16.5 Å². The fourth-order valence-electron chi connectivity index (χ4n) is 3.23. The van der Waals surface area contributed by atoms with Gasteiger partial charge in [0, 0.05) is 8.24 Å². The Bertz CT molecular complexity index is 675. The van der Waals surface area contributed by atoms with Gasteiger partial charge >= 0.3 is 29.6 Å². The van der Waals surface area contributed by atoms with Gasteiger partial charge in [-0.2, -0.15) is 0 Å². The minimum atomic E-state index is -2.37. The topological polar surface area (TPSA) is 14.1 Å². The van der Waals surface area contributed by atoms with Crippen molar-refractivity contribution in [3.05, 3.63) is 95.6 Å². The quantitative estimate of drug-likeness (QED) is 0.468. The Labute approximate surface area is 176 Å². The first-order valence-corrected chi connectivity index (χ1v) is 13.8. The summed E-state index contributed by atoms with van der Waals surface area (Å²) in [5.41, 5.74) is 0. The molecule has 1 nitrogen and oxygen atoms in total. The Balaban J connectivity index is 0.00000225. The summed E-state index contributed by atoms with van der Waals surface area (Å²) in [5.74, 6) is 0. The van der Waals surface area contributed by atoms with E-state index in [1.165, 1.54) is 15.6 Å². The maximum Gasteiger partial charge on any atom is 1.00 e. The molecule has 4 heteroatoms. The van der Waals surface area contributed by atoms with Crippen molar-refractivity contribution in [3.63, 3.8) is 0 Å². The van der Waals surface area contributed by atoms with Crippen LogP contribution in [0.4, 0.5) is 0 Å². The fourth-order valence-corrected chi connectivity index (χ4v) is 11.8. The molecule has 0 atom stereocenters. The van der Waals surface area contributed by atoms with E-state index in [-0.39, 0.29) is 29.6 Å². The smallest absolute Gasteiger partial charge is 0.656 e. The summed E-state index contributed by atoms with van der Waals surface area (Å²) in [6.45, 7) is 7.01. The molecule has 0 saturated heterocycles. The summed E-state index contributed by atoms with van der Waals surface area (Å²) >= 11 is 0. The van der Waals surface area contributed by atoms with E-state index >= 15 is 0 Å². The maximum atomic E-state index is 5.63. The molecule has 0 radical (unpaired) electrons. The van der Waals surface area contributed by atoms with Crippen molar-refractivity contribution in [2.24, 2.45) is 0 Å². The van der Waals surface area contributed by atoms with E-state index in [9.17, 15) is 0 Å². The van der Waals surface area contributed by atoms with Gasteiger partial charge in [-0.25, -0.2) is 0 Å². The van der Waals surface area contributed by atoms with Gasteiger partial charge in [0.1, 0.15) is 0 Å². The average molecular weight is 370 g/mol. The summed E-state index contributed by atoms with van der Waals surface area (Å²) in [6, 6.07) is 32.7. The second-order valence-corrected chi connectivity index (χ2v) is 15.5. The van der Waals surface area contributed by atoms with Crippen LogP contribution in [0.15, 0.2) is 91.0 Å². The standard InChI is InChI=1S/C21H24NSi2.Na/c1-23(2,3)22-24(19-13-7-4-8-14-19,20-15-9-5-10-16-20)21-17-11-6-12-18-21;/h4-18H,1-3H3;/q-1;+1. The van der Waals surface area contributed by atoms with Crippen molar-refractivity contribution in [1.29, 1.82) is 0 Å². The molecular weight excluding hydrogens is 345 g/mol. The van der Waals surface area contributed by atoms with E-state index in [1.54, 1.807) is 0 Å². The van der Waals surface area contributed by atoms with Crippen molar-refractivity contribution in [2.45, 2.75) is 19.6 Å².